The number of carbonyl (C=O) groups is 3. The lowest BCUT2D eigenvalue weighted by molar-refractivity contribution is -0.128. The Kier molecular flexibility index (Phi) is 9.43. The van der Waals surface area contributed by atoms with Crippen molar-refractivity contribution in [3.63, 3.8) is 0 Å². The molecule has 2 N–H and O–H groups in total. The van der Waals surface area contributed by atoms with Crippen LogP contribution in [0.5, 0.6) is 0 Å². The van der Waals surface area contributed by atoms with Gasteiger partial charge in [-0.2, -0.15) is 0 Å². The maximum Gasteiger partial charge on any atom is 0.287 e. The lowest BCUT2D eigenvalue weighted by atomic mass is 10.00. The van der Waals surface area contributed by atoms with Crippen LogP contribution in [0, 0.1) is 5.92 Å². The van der Waals surface area contributed by atoms with Crippen molar-refractivity contribution in [3.05, 3.63) is 96.1 Å². The highest BCUT2D eigenvalue weighted by molar-refractivity contribution is 7.99. The minimum absolute atomic E-state index is 0.0920. The molecule has 0 bridgehead atoms. The summed E-state index contributed by atoms with van der Waals surface area (Å²) in [5.74, 6) is 0.887. The Bertz CT molecular complexity index is 1310. The molecule has 2 atom stereocenters. The zero-order chi connectivity index (χ0) is 26.9. The van der Waals surface area contributed by atoms with Crippen LogP contribution in [-0.4, -0.2) is 35.4 Å². The number of furan rings is 2. The summed E-state index contributed by atoms with van der Waals surface area (Å²) in [5.41, 5.74) is 1.54. The molecular formula is C30H32N2O5S. The van der Waals surface area contributed by atoms with Crippen molar-refractivity contribution in [1.82, 2.24) is 10.6 Å². The van der Waals surface area contributed by atoms with E-state index in [-0.39, 0.29) is 23.2 Å². The smallest absolute Gasteiger partial charge is 0.287 e. The number of ketones is 1. The average molecular weight is 533 g/mol. The predicted molar refractivity (Wildman–Crippen MR) is 149 cm³/mol. The van der Waals surface area contributed by atoms with E-state index in [1.807, 2.05) is 74.5 Å². The van der Waals surface area contributed by atoms with E-state index in [4.69, 9.17) is 8.83 Å². The van der Waals surface area contributed by atoms with Crippen molar-refractivity contribution in [2.45, 2.75) is 44.5 Å². The van der Waals surface area contributed by atoms with Crippen LogP contribution in [0.25, 0.3) is 11.0 Å². The van der Waals surface area contributed by atoms with E-state index in [2.05, 4.69) is 10.6 Å². The maximum atomic E-state index is 13.5. The number of rotatable bonds is 13. The third-order valence-electron chi connectivity index (χ3n) is 6.03. The van der Waals surface area contributed by atoms with E-state index in [9.17, 15) is 14.4 Å². The molecule has 0 saturated carbocycles. The molecule has 0 radical (unpaired) electrons. The van der Waals surface area contributed by atoms with Gasteiger partial charge in [0, 0.05) is 5.39 Å². The van der Waals surface area contributed by atoms with Gasteiger partial charge in [0.1, 0.15) is 17.4 Å². The molecule has 38 heavy (non-hydrogen) atoms. The first kappa shape index (κ1) is 27.3. The lowest BCUT2D eigenvalue weighted by Gasteiger charge is -2.24. The highest BCUT2D eigenvalue weighted by Gasteiger charge is 2.28. The number of nitrogens with one attached hydrogen (secondary N) is 2. The Morgan fingerprint density at radius 1 is 0.895 bits per heavy atom. The Hall–Kier alpha value is -3.78. The molecule has 0 saturated heterocycles. The summed E-state index contributed by atoms with van der Waals surface area (Å²) < 4.78 is 11.0. The number of amides is 2. The summed E-state index contributed by atoms with van der Waals surface area (Å²) in [6.45, 7) is 3.96. The fraction of sp³-hybridized carbons (Fsp3) is 0.300. The van der Waals surface area contributed by atoms with Gasteiger partial charge in [0.15, 0.2) is 11.5 Å². The monoisotopic (exact) mass is 532 g/mol. The van der Waals surface area contributed by atoms with Crippen LogP contribution in [0.4, 0.5) is 0 Å². The van der Waals surface area contributed by atoms with Gasteiger partial charge in [-0.15, -0.1) is 11.8 Å². The second kappa shape index (κ2) is 13.1. The summed E-state index contributed by atoms with van der Waals surface area (Å²) >= 11 is 1.44. The second-order valence-corrected chi connectivity index (χ2v) is 10.6. The van der Waals surface area contributed by atoms with E-state index >= 15 is 0 Å². The zero-order valence-electron chi connectivity index (χ0n) is 21.5. The van der Waals surface area contributed by atoms with Crippen LogP contribution in [0.3, 0.4) is 0 Å². The van der Waals surface area contributed by atoms with Crippen molar-refractivity contribution in [2.75, 3.05) is 5.75 Å². The van der Waals surface area contributed by atoms with Gasteiger partial charge in [-0.05, 0) is 48.6 Å². The summed E-state index contributed by atoms with van der Waals surface area (Å²) in [5, 5.41) is 6.56. The number of benzene rings is 2. The highest BCUT2D eigenvalue weighted by Crippen LogP contribution is 2.19. The lowest BCUT2D eigenvalue weighted by Crippen LogP contribution is -2.53. The first-order valence-corrected chi connectivity index (χ1v) is 13.8. The zero-order valence-corrected chi connectivity index (χ0v) is 22.3. The normalized spacial score (nSPS) is 12.8. The van der Waals surface area contributed by atoms with Crippen LogP contribution in [-0.2, 0) is 21.8 Å². The van der Waals surface area contributed by atoms with Gasteiger partial charge in [-0.25, -0.2) is 0 Å². The standard InChI is InChI=1S/C30H32N2O5S/c1-20(2)15-25(32-30(35)28-17-22-11-6-7-13-27(22)37-28)29(34)31-24(16-21-9-4-3-5-10-21)26(33)19-38-18-23-12-8-14-36-23/h3-14,17,20,24-25H,15-16,18-19H2,1-2H3,(H,31,34)(H,32,35)/t24-,25-/m0/s1. The molecule has 0 aliphatic rings. The van der Waals surface area contributed by atoms with Crippen LogP contribution in [0.1, 0.15) is 42.1 Å². The van der Waals surface area contributed by atoms with Gasteiger partial charge in [0.2, 0.25) is 5.91 Å². The van der Waals surface area contributed by atoms with E-state index in [0.717, 1.165) is 16.7 Å². The van der Waals surface area contributed by atoms with Gasteiger partial charge in [-0.1, -0.05) is 62.4 Å². The Labute approximate surface area is 226 Å². The molecule has 0 unspecified atom stereocenters. The van der Waals surface area contributed by atoms with Gasteiger partial charge >= 0.3 is 0 Å². The number of Topliss-reactive ketones (excluding diaryl/α,β-unsaturated/α-hetero) is 1. The number of hydrogen-bond donors (Lipinski definition) is 2. The number of hydrogen-bond acceptors (Lipinski definition) is 6. The van der Waals surface area contributed by atoms with Crippen molar-refractivity contribution in [3.8, 4) is 0 Å². The third-order valence-corrected chi connectivity index (χ3v) is 7.01. The van der Waals surface area contributed by atoms with E-state index < -0.39 is 23.9 Å². The molecule has 0 aliphatic heterocycles. The average Bonchev–Trinajstić information content (AvgIpc) is 3.58. The molecule has 0 fully saturated rings. The summed E-state index contributed by atoms with van der Waals surface area (Å²) in [6.07, 6.45) is 2.38. The molecule has 0 aliphatic carbocycles. The number of fused-ring (bicyclic) bond motifs is 1. The van der Waals surface area contributed by atoms with Crippen LogP contribution < -0.4 is 10.6 Å². The van der Waals surface area contributed by atoms with Gasteiger partial charge in [0.05, 0.1) is 23.8 Å². The van der Waals surface area contributed by atoms with E-state index in [1.165, 1.54) is 11.8 Å². The predicted octanol–water partition coefficient (Wildman–Crippen LogP) is 5.40. The van der Waals surface area contributed by atoms with Crippen LogP contribution in [0.2, 0.25) is 0 Å². The van der Waals surface area contributed by atoms with Crippen molar-refractivity contribution >= 4 is 40.3 Å². The highest BCUT2D eigenvalue weighted by atomic mass is 32.2. The van der Waals surface area contributed by atoms with E-state index in [0.29, 0.717) is 24.2 Å². The molecule has 198 valence electrons. The number of thioether (sulfide) groups is 1. The maximum absolute atomic E-state index is 13.5. The van der Waals surface area contributed by atoms with Crippen LogP contribution in [0.15, 0.2) is 87.9 Å². The van der Waals surface area contributed by atoms with E-state index in [1.54, 1.807) is 18.4 Å². The van der Waals surface area contributed by atoms with Gasteiger partial charge < -0.3 is 19.5 Å². The molecule has 4 aromatic rings. The Balaban J connectivity index is 1.45. The summed E-state index contributed by atoms with van der Waals surface area (Å²) in [6, 6.07) is 20.7. The number of para-hydroxylation sites is 1. The molecule has 2 heterocycles. The summed E-state index contributed by atoms with van der Waals surface area (Å²) in [7, 11) is 0. The molecule has 2 aromatic heterocycles. The minimum Gasteiger partial charge on any atom is -0.468 e. The SMILES string of the molecule is CC(C)C[C@H](NC(=O)c1cc2ccccc2o1)C(=O)N[C@@H](Cc1ccccc1)C(=O)CSCc1ccco1. The number of carbonyl (C=O) groups excluding carboxylic acids is 3. The molecule has 4 rings (SSSR count). The fourth-order valence-electron chi connectivity index (χ4n) is 4.14. The first-order chi connectivity index (χ1) is 18.4. The molecule has 0 spiro atoms. The Morgan fingerprint density at radius 3 is 2.37 bits per heavy atom. The molecule has 2 amide bonds. The quantitative estimate of drug-likeness (QED) is 0.239. The van der Waals surface area contributed by atoms with Crippen molar-refractivity contribution < 1.29 is 23.2 Å². The Morgan fingerprint density at radius 2 is 1.66 bits per heavy atom. The van der Waals surface area contributed by atoms with Crippen molar-refractivity contribution in [2.24, 2.45) is 5.92 Å². The fourth-order valence-corrected chi connectivity index (χ4v) is 5.01. The van der Waals surface area contributed by atoms with Gasteiger partial charge in [-0.3, -0.25) is 14.4 Å². The van der Waals surface area contributed by atoms with Crippen molar-refractivity contribution in [1.29, 1.82) is 0 Å². The summed E-state index contributed by atoms with van der Waals surface area (Å²) in [4.78, 5) is 39.7. The third kappa shape index (κ3) is 7.61. The molecular weight excluding hydrogens is 500 g/mol. The topological polar surface area (TPSA) is 102 Å². The first-order valence-electron chi connectivity index (χ1n) is 12.7. The van der Waals surface area contributed by atoms with Gasteiger partial charge in [0.25, 0.3) is 5.91 Å². The molecule has 7 nitrogen and oxygen atoms in total. The van der Waals surface area contributed by atoms with Crippen LogP contribution >= 0.6 is 11.8 Å². The second-order valence-electron chi connectivity index (χ2n) is 9.59. The largest absolute Gasteiger partial charge is 0.468 e. The molecule has 8 heteroatoms. The molecule has 2 aromatic carbocycles. The minimum atomic E-state index is -0.822.